The first kappa shape index (κ1) is 16.1. The molecule has 0 heterocycles. The molecule has 3 nitrogen and oxygen atoms in total. The Labute approximate surface area is 132 Å². The van der Waals surface area contributed by atoms with Crippen molar-refractivity contribution in [2.75, 3.05) is 0 Å². The summed E-state index contributed by atoms with van der Waals surface area (Å²) in [4.78, 5) is 12.3. The van der Waals surface area contributed by atoms with E-state index < -0.39 is 6.10 Å². The van der Waals surface area contributed by atoms with Crippen molar-refractivity contribution in [1.82, 2.24) is 5.32 Å². The molecule has 0 fully saturated rings. The normalized spacial score (nSPS) is 13.2. The molecule has 0 bridgehead atoms. The van der Waals surface area contributed by atoms with Crippen molar-refractivity contribution in [3.05, 3.63) is 65.7 Å². The van der Waals surface area contributed by atoms with Crippen LogP contribution in [0, 0.1) is 6.92 Å². The fraction of sp³-hybridized carbons (Fsp3) is 0.316. The number of aryl methyl sites for hydroxylation is 1. The zero-order valence-corrected chi connectivity index (χ0v) is 13.4. The Morgan fingerprint density at radius 3 is 2.32 bits per heavy atom. The van der Waals surface area contributed by atoms with E-state index in [2.05, 4.69) is 43.4 Å². The molecule has 1 N–H and O–H groups in total. The molecule has 0 spiro atoms. The first-order chi connectivity index (χ1) is 10.6. The highest BCUT2D eigenvalue weighted by Gasteiger charge is 2.19. The van der Waals surface area contributed by atoms with Crippen LogP contribution in [0.15, 0.2) is 54.6 Å². The fourth-order valence-corrected chi connectivity index (χ4v) is 2.27. The van der Waals surface area contributed by atoms with Gasteiger partial charge in [0.2, 0.25) is 0 Å². The van der Waals surface area contributed by atoms with E-state index in [1.165, 1.54) is 5.56 Å². The van der Waals surface area contributed by atoms with Crippen LogP contribution < -0.4 is 10.1 Å². The highest BCUT2D eigenvalue weighted by atomic mass is 16.5. The summed E-state index contributed by atoms with van der Waals surface area (Å²) in [5.74, 6) is 0.602. The van der Waals surface area contributed by atoms with Gasteiger partial charge in [0.15, 0.2) is 6.10 Å². The van der Waals surface area contributed by atoms with E-state index >= 15 is 0 Å². The molecule has 0 radical (unpaired) electrons. The number of hydrogen-bond donors (Lipinski definition) is 1. The van der Waals surface area contributed by atoms with Gasteiger partial charge in [-0.1, -0.05) is 55.0 Å². The van der Waals surface area contributed by atoms with Crippen molar-refractivity contribution in [3.8, 4) is 5.75 Å². The molecule has 2 atom stereocenters. The lowest BCUT2D eigenvalue weighted by Gasteiger charge is -2.21. The summed E-state index contributed by atoms with van der Waals surface area (Å²) in [5.41, 5.74) is 2.33. The second kappa shape index (κ2) is 7.64. The highest BCUT2D eigenvalue weighted by molar-refractivity contribution is 5.81. The number of nitrogens with one attached hydrogen (secondary N) is 1. The van der Waals surface area contributed by atoms with Gasteiger partial charge in [-0.25, -0.2) is 0 Å². The molecule has 0 saturated heterocycles. The standard InChI is InChI=1S/C19H23NO2/c1-4-18(16-12-10-14(2)11-13-16)20-19(21)15(3)22-17-8-6-5-7-9-17/h5-13,15,18H,4H2,1-3H3,(H,20,21)/t15-,18-/m1/s1. The largest absolute Gasteiger partial charge is 0.481 e. The Morgan fingerprint density at radius 1 is 1.09 bits per heavy atom. The third kappa shape index (κ3) is 4.35. The van der Waals surface area contributed by atoms with Crippen LogP contribution in [0.25, 0.3) is 0 Å². The van der Waals surface area contributed by atoms with Gasteiger partial charge in [0.1, 0.15) is 5.75 Å². The van der Waals surface area contributed by atoms with Gasteiger partial charge in [0.25, 0.3) is 5.91 Å². The summed E-state index contributed by atoms with van der Waals surface area (Å²) >= 11 is 0. The van der Waals surface area contributed by atoms with Crippen LogP contribution in [0.5, 0.6) is 5.75 Å². The zero-order valence-electron chi connectivity index (χ0n) is 13.4. The monoisotopic (exact) mass is 297 g/mol. The molecule has 0 aliphatic carbocycles. The van der Waals surface area contributed by atoms with Crippen LogP contribution in [0.2, 0.25) is 0 Å². The predicted octanol–water partition coefficient (Wildman–Crippen LogP) is 4.03. The Bertz CT molecular complexity index is 593. The van der Waals surface area contributed by atoms with E-state index in [-0.39, 0.29) is 11.9 Å². The van der Waals surface area contributed by atoms with E-state index in [0.29, 0.717) is 5.75 Å². The SMILES string of the molecule is CC[C@@H](NC(=O)[C@@H](C)Oc1ccccc1)c1ccc(C)cc1. The quantitative estimate of drug-likeness (QED) is 0.874. The van der Waals surface area contributed by atoms with Crippen molar-refractivity contribution >= 4 is 5.91 Å². The van der Waals surface area contributed by atoms with E-state index in [9.17, 15) is 4.79 Å². The average Bonchev–Trinajstić information content (AvgIpc) is 2.54. The third-order valence-electron chi connectivity index (χ3n) is 3.63. The summed E-state index contributed by atoms with van der Waals surface area (Å²) in [5, 5.41) is 3.06. The maximum absolute atomic E-state index is 12.3. The van der Waals surface area contributed by atoms with E-state index in [0.717, 1.165) is 12.0 Å². The second-order valence-electron chi connectivity index (χ2n) is 5.45. The van der Waals surface area contributed by atoms with Crippen LogP contribution in [-0.4, -0.2) is 12.0 Å². The lowest BCUT2D eigenvalue weighted by atomic mass is 10.0. The number of carbonyl (C=O) groups is 1. The third-order valence-corrected chi connectivity index (χ3v) is 3.63. The lowest BCUT2D eigenvalue weighted by molar-refractivity contribution is -0.128. The fourth-order valence-electron chi connectivity index (χ4n) is 2.27. The predicted molar refractivity (Wildman–Crippen MR) is 88.9 cm³/mol. The molecule has 0 unspecified atom stereocenters. The molecule has 2 aromatic carbocycles. The number of benzene rings is 2. The van der Waals surface area contributed by atoms with Crippen molar-refractivity contribution in [1.29, 1.82) is 0 Å². The Hall–Kier alpha value is -2.29. The van der Waals surface area contributed by atoms with Crippen LogP contribution in [0.1, 0.15) is 37.4 Å². The smallest absolute Gasteiger partial charge is 0.261 e. The minimum absolute atomic E-state index is 0.00919. The molecule has 2 rings (SSSR count). The molecule has 1 amide bonds. The number of carbonyl (C=O) groups excluding carboxylic acids is 1. The van der Waals surface area contributed by atoms with Gasteiger partial charge in [-0.05, 0) is 38.0 Å². The van der Waals surface area contributed by atoms with Gasteiger partial charge in [-0.2, -0.15) is 0 Å². The number of amides is 1. The van der Waals surface area contributed by atoms with Gasteiger partial charge in [0, 0.05) is 0 Å². The number of ether oxygens (including phenoxy) is 1. The molecule has 0 aliphatic rings. The first-order valence-corrected chi connectivity index (χ1v) is 7.68. The number of para-hydroxylation sites is 1. The van der Waals surface area contributed by atoms with Crippen LogP contribution >= 0.6 is 0 Å². The van der Waals surface area contributed by atoms with Crippen molar-refractivity contribution in [3.63, 3.8) is 0 Å². The molecule has 22 heavy (non-hydrogen) atoms. The molecular formula is C19H23NO2. The summed E-state index contributed by atoms with van der Waals surface area (Å²) in [6.07, 6.45) is 0.314. The van der Waals surface area contributed by atoms with Gasteiger partial charge >= 0.3 is 0 Å². The average molecular weight is 297 g/mol. The molecule has 0 aromatic heterocycles. The molecule has 116 valence electrons. The Balaban J connectivity index is 1.98. The summed E-state index contributed by atoms with van der Waals surface area (Å²) in [6, 6.07) is 17.7. The number of hydrogen-bond acceptors (Lipinski definition) is 2. The van der Waals surface area contributed by atoms with Crippen LogP contribution in [-0.2, 0) is 4.79 Å². The maximum atomic E-state index is 12.3. The van der Waals surface area contributed by atoms with Gasteiger partial charge in [0.05, 0.1) is 6.04 Å². The zero-order chi connectivity index (χ0) is 15.9. The minimum atomic E-state index is -0.526. The summed E-state index contributed by atoms with van der Waals surface area (Å²) < 4.78 is 5.66. The van der Waals surface area contributed by atoms with Gasteiger partial charge in [-0.3, -0.25) is 4.79 Å². The lowest BCUT2D eigenvalue weighted by Crippen LogP contribution is -2.38. The van der Waals surface area contributed by atoms with E-state index in [4.69, 9.17) is 4.74 Å². The summed E-state index contributed by atoms with van der Waals surface area (Å²) in [6.45, 7) is 5.89. The van der Waals surface area contributed by atoms with Crippen molar-refractivity contribution in [2.24, 2.45) is 0 Å². The topological polar surface area (TPSA) is 38.3 Å². The van der Waals surface area contributed by atoms with E-state index in [1.54, 1.807) is 6.92 Å². The van der Waals surface area contributed by atoms with Crippen LogP contribution in [0.3, 0.4) is 0 Å². The second-order valence-corrected chi connectivity index (χ2v) is 5.45. The van der Waals surface area contributed by atoms with Gasteiger partial charge < -0.3 is 10.1 Å². The van der Waals surface area contributed by atoms with Crippen molar-refractivity contribution in [2.45, 2.75) is 39.3 Å². The van der Waals surface area contributed by atoms with Gasteiger partial charge in [-0.15, -0.1) is 0 Å². The minimum Gasteiger partial charge on any atom is -0.481 e. The number of rotatable bonds is 6. The molecule has 3 heteroatoms. The van der Waals surface area contributed by atoms with Crippen LogP contribution in [0.4, 0.5) is 0 Å². The summed E-state index contributed by atoms with van der Waals surface area (Å²) in [7, 11) is 0. The molecule has 0 saturated carbocycles. The molecule has 2 aromatic rings. The Morgan fingerprint density at radius 2 is 1.73 bits per heavy atom. The highest BCUT2D eigenvalue weighted by Crippen LogP contribution is 2.18. The molecule has 0 aliphatic heterocycles. The van der Waals surface area contributed by atoms with Crippen molar-refractivity contribution < 1.29 is 9.53 Å². The maximum Gasteiger partial charge on any atom is 0.261 e. The first-order valence-electron chi connectivity index (χ1n) is 7.68. The Kier molecular flexibility index (Phi) is 5.59. The van der Waals surface area contributed by atoms with E-state index in [1.807, 2.05) is 30.3 Å². The molecular weight excluding hydrogens is 274 g/mol.